The summed E-state index contributed by atoms with van der Waals surface area (Å²) in [5.74, 6) is -1.09. The summed E-state index contributed by atoms with van der Waals surface area (Å²) in [6, 6.07) is 8.51. The number of hydrogen-bond donors (Lipinski definition) is 1. The minimum atomic E-state index is -1.09. The molecule has 0 saturated carbocycles. The molecular weight excluding hydrogens is 312 g/mol. The fourth-order valence-electron chi connectivity index (χ4n) is 1.75. The first-order valence-corrected chi connectivity index (χ1v) is 6.15. The van der Waals surface area contributed by atoms with Crippen LogP contribution in [0.1, 0.15) is 10.5 Å². The Balaban J connectivity index is 2.35. The van der Waals surface area contributed by atoms with Gasteiger partial charge in [-0.3, -0.25) is 4.98 Å². The van der Waals surface area contributed by atoms with E-state index in [1.165, 1.54) is 6.07 Å². The minimum absolute atomic E-state index is 0.0412. The molecular formula is C12H7BrN4O2. The highest BCUT2D eigenvalue weighted by Crippen LogP contribution is 2.21. The Bertz CT molecular complexity index is 770. The van der Waals surface area contributed by atoms with Gasteiger partial charge in [0.1, 0.15) is 4.60 Å². The molecule has 0 aliphatic heterocycles. The first kappa shape index (κ1) is 11.8. The maximum absolute atomic E-state index is 11.1. The summed E-state index contributed by atoms with van der Waals surface area (Å²) in [6.07, 6.45) is 1.64. The Hall–Kier alpha value is -2.28. The van der Waals surface area contributed by atoms with Gasteiger partial charge in [0.05, 0.1) is 11.4 Å². The van der Waals surface area contributed by atoms with Crippen LogP contribution in [-0.4, -0.2) is 30.7 Å². The van der Waals surface area contributed by atoms with Gasteiger partial charge in [-0.1, -0.05) is 6.07 Å². The molecule has 3 rings (SSSR count). The van der Waals surface area contributed by atoms with Crippen molar-refractivity contribution in [2.24, 2.45) is 0 Å². The molecule has 0 bridgehead atoms. The lowest BCUT2D eigenvalue weighted by Crippen LogP contribution is -2.05. The van der Waals surface area contributed by atoms with E-state index in [4.69, 9.17) is 5.11 Å². The molecule has 1 N–H and O–H groups in total. The van der Waals surface area contributed by atoms with E-state index >= 15 is 0 Å². The second kappa shape index (κ2) is 4.43. The summed E-state index contributed by atoms with van der Waals surface area (Å²) in [5.41, 5.74) is 1.62. The van der Waals surface area contributed by atoms with Crippen molar-refractivity contribution in [2.45, 2.75) is 0 Å². The van der Waals surface area contributed by atoms with Crippen LogP contribution in [0.2, 0.25) is 0 Å². The monoisotopic (exact) mass is 318 g/mol. The van der Waals surface area contributed by atoms with Crippen molar-refractivity contribution in [2.75, 3.05) is 0 Å². The number of hydrogen-bond acceptors (Lipinski definition) is 4. The molecule has 3 aromatic rings. The number of carboxylic acids is 1. The van der Waals surface area contributed by atoms with Gasteiger partial charge in [0.2, 0.25) is 0 Å². The second-order valence-electron chi connectivity index (χ2n) is 3.78. The van der Waals surface area contributed by atoms with Crippen molar-refractivity contribution in [1.29, 1.82) is 0 Å². The van der Waals surface area contributed by atoms with Gasteiger partial charge < -0.3 is 5.11 Å². The summed E-state index contributed by atoms with van der Waals surface area (Å²) in [5, 5.41) is 13.3. The lowest BCUT2D eigenvalue weighted by atomic mass is 10.2. The van der Waals surface area contributed by atoms with Crippen LogP contribution in [0, 0.1) is 0 Å². The molecule has 0 aliphatic rings. The molecule has 94 valence electrons. The van der Waals surface area contributed by atoms with E-state index in [1.54, 1.807) is 28.9 Å². The van der Waals surface area contributed by atoms with Crippen LogP contribution in [0.3, 0.4) is 0 Å². The number of fused-ring (bicyclic) bond motifs is 1. The van der Waals surface area contributed by atoms with E-state index < -0.39 is 5.97 Å². The zero-order chi connectivity index (χ0) is 13.4. The fourth-order valence-corrected chi connectivity index (χ4v) is 2.12. The van der Waals surface area contributed by atoms with Crippen molar-refractivity contribution in [1.82, 2.24) is 19.6 Å². The number of halogens is 1. The standard InChI is InChI=1S/C12H7BrN4O2/c13-10-6-11-15-8(12(18)19)5-9(17(11)16-10)7-3-1-2-4-14-7/h1-6H,(H,18,19). The highest BCUT2D eigenvalue weighted by atomic mass is 79.9. The van der Waals surface area contributed by atoms with Gasteiger partial charge in [0.25, 0.3) is 0 Å². The topological polar surface area (TPSA) is 80.4 Å². The minimum Gasteiger partial charge on any atom is -0.477 e. The third-order valence-corrected chi connectivity index (χ3v) is 2.93. The normalized spacial score (nSPS) is 10.8. The van der Waals surface area contributed by atoms with Crippen molar-refractivity contribution in [3.8, 4) is 11.4 Å². The van der Waals surface area contributed by atoms with Gasteiger partial charge in [0.15, 0.2) is 11.3 Å². The van der Waals surface area contributed by atoms with Gasteiger partial charge >= 0.3 is 5.97 Å². The van der Waals surface area contributed by atoms with Crippen molar-refractivity contribution in [3.63, 3.8) is 0 Å². The SMILES string of the molecule is O=C(O)c1cc(-c2ccccn2)n2nc(Br)cc2n1. The molecule has 6 nitrogen and oxygen atoms in total. The van der Waals surface area contributed by atoms with Gasteiger partial charge in [-0.25, -0.2) is 14.3 Å². The number of nitrogens with zero attached hydrogens (tertiary/aromatic N) is 4. The average molecular weight is 319 g/mol. The number of carboxylic acid groups (broad SMARTS) is 1. The highest BCUT2D eigenvalue weighted by molar-refractivity contribution is 9.10. The molecule has 19 heavy (non-hydrogen) atoms. The first-order chi connectivity index (χ1) is 9.15. The summed E-state index contributed by atoms with van der Waals surface area (Å²) in [4.78, 5) is 19.3. The van der Waals surface area contributed by atoms with Gasteiger partial charge in [-0.2, -0.15) is 5.10 Å². The van der Waals surface area contributed by atoms with Gasteiger partial charge in [-0.05, 0) is 34.1 Å². The maximum atomic E-state index is 11.1. The maximum Gasteiger partial charge on any atom is 0.354 e. The van der Waals surface area contributed by atoms with Crippen LogP contribution in [0.4, 0.5) is 0 Å². The number of aromatic carboxylic acids is 1. The average Bonchev–Trinajstić information content (AvgIpc) is 2.78. The van der Waals surface area contributed by atoms with Crippen LogP contribution in [0.5, 0.6) is 0 Å². The summed E-state index contributed by atoms with van der Waals surface area (Å²) in [6.45, 7) is 0. The van der Waals surface area contributed by atoms with Gasteiger partial charge in [-0.15, -0.1) is 0 Å². The molecule has 7 heteroatoms. The lowest BCUT2D eigenvalue weighted by Gasteiger charge is -2.05. The predicted molar refractivity (Wildman–Crippen MR) is 70.9 cm³/mol. The van der Waals surface area contributed by atoms with E-state index in [-0.39, 0.29) is 5.69 Å². The zero-order valence-electron chi connectivity index (χ0n) is 9.49. The third kappa shape index (κ3) is 2.08. The Kier molecular flexibility index (Phi) is 2.75. The summed E-state index contributed by atoms with van der Waals surface area (Å²) >= 11 is 3.25. The zero-order valence-corrected chi connectivity index (χ0v) is 11.1. The number of aromatic nitrogens is 4. The molecule has 0 aliphatic carbocycles. The van der Waals surface area contributed by atoms with Crippen molar-refractivity contribution in [3.05, 3.63) is 46.8 Å². The van der Waals surface area contributed by atoms with E-state index in [1.807, 2.05) is 6.07 Å². The first-order valence-electron chi connectivity index (χ1n) is 5.36. The fraction of sp³-hybridized carbons (Fsp3) is 0. The van der Waals surface area contributed by atoms with Gasteiger partial charge in [0, 0.05) is 12.3 Å². The smallest absolute Gasteiger partial charge is 0.354 e. The Morgan fingerprint density at radius 1 is 1.32 bits per heavy atom. The Morgan fingerprint density at radius 3 is 2.84 bits per heavy atom. The third-order valence-electron chi connectivity index (χ3n) is 2.54. The Labute approximate surface area is 115 Å². The molecule has 0 radical (unpaired) electrons. The van der Waals surface area contributed by atoms with Crippen LogP contribution < -0.4 is 0 Å². The second-order valence-corrected chi connectivity index (χ2v) is 4.60. The predicted octanol–water partition coefficient (Wildman–Crippen LogP) is 2.25. The lowest BCUT2D eigenvalue weighted by molar-refractivity contribution is 0.0690. The molecule has 0 fully saturated rings. The largest absolute Gasteiger partial charge is 0.477 e. The van der Waals surface area contributed by atoms with Crippen molar-refractivity contribution < 1.29 is 9.90 Å². The van der Waals surface area contributed by atoms with Crippen LogP contribution in [0.15, 0.2) is 41.1 Å². The molecule has 0 atom stereocenters. The Morgan fingerprint density at radius 2 is 2.16 bits per heavy atom. The number of rotatable bonds is 2. The molecule has 0 amide bonds. The molecule has 0 unspecified atom stereocenters. The quantitative estimate of drug-likeness (QED) is 0.783. The summed E-state index contributed by atoms with van der Waals surface area (Å²) in [7, 11) is 0. The summed E-state index contributed by atoms with van der Waals surface area (Å²) < 4.78 is 2.14. The van der Waals surface area contributed by atoms with E-state index in [9.17, 15) is 4.79 Å². The highest BCUT2D eigenvalue weighted by Gasteiger charge is 2.14. The van der Waals surface area contributed by atoms with Crippen molar-refractivity contribution >= 4 is 27.5 Å². The number of pyridine rings is 1. The van der Waals surface area contributed by atoms with E-state index in [2.05, 4.69) is 31.0 Å². The van der Waals surface area contributed by atoms with E-state index in [0.29, 0.717) is 21.6 Å². The van der Waals surface area contributed by atoms with E-state index in [0.717, 1.165) is 0 Å². The van der Waals surface area contributed by atoms with Crippen LogP contribution >= 0.6 is 15.9 Å². The molecule has 0 aromatic carbocycles. The van der Waals surface area contributed by atoms with Crippen LogP contribution in [0.25, 0.3) is 17.0 Å². The molecule has 0 spiro atoms. The van der Waals surface area contributed by atoms with Crippen LogP contribution in [-0.2, 0) is 0 Å². The number of carbonyl (C=O) groups is 1. The molecule has 0 saturated heterocycles. The molecule has 3 heterocycles. The molecule has 3 aromatic heterocycles.